The number of methoxy groups -OCH3 is 1. The highest BCUT2D eigenvalue weighted by Gasteiger charge is 2.27. The summed E-state index contributed by atoms with van der Waals surface area (Å²) in [5, 5.41) is 10.9. The van der Waals surface area contributed by atoms with Crippen LogP contribution in [0, 0.1) is 10.1 Å². The minimum Gasteiger partial charge on any atom is -0.495 e. The second-order valence-corrected chi connectivity index (χ2v) is 10.8. The standard InChI is InChI=1S/C19H23N3O7S2/c1-29-19-9-8-17(31(27,28)21-10-3-2-4-11-21)13-18(19)20-30(25,26)14-15-6-5-7-16(12-15)22(23)24/h5-9,12-13,20H,2-4,10-11,14H2,1H3. The van der Waals surface area contributed by atoms with Gasteiger partial charge in [0.25, 0.3) is 5.69 Å². The van der Waals surface area contributed by atoms with E-state index in [-0.39, 0.29) is 27.6 Å². The summed E-state index contributed by atoms with van der Waals surface area (Å²) in [4.78, 5) is 10.3. The zero-order valence-corrected chi connectivity index (χ0v) is 18.5. The Bertz CT molecular complexity index is 1170. The lowest BCUT2D eigenvalue weighted by Gasteiger charge is -2.26. The van der Waals surface area contributed by atoms with Crippen molar-refractivity contribution >= 4 is 31.4 Å². The van der Waals surface area contributed by atoms with E-state index in [1.807, 2.05) is 0 Å². The normalized spacial score (nSPS) is 15.4. The summed E-state index contributed by atoms with van der Waals surface area (Å²) < 4.78 is 60.2. The van der Waals surface area contributed by atoms with Crippen molar-refractivity contribution in [2.75, 3.05) is 24.9 Å². The van der Waals surface area contributed by atoms with Crippen LogP contribution in [0.5, 0.6) is 5.75 Å². The molecule has 1 aliphatic rings. The van der Waals surface area contributed by atoms with Crippen LogP contribution >= 0.6 is 0 Å². The maximum Gasteiger partial charge on any atom is 0.269 e. The maximum atomic E-state index is 12.9. The van der Waals surface area contributed by atoms with Crippen molar-refractivity contribution in [3.63, 3.8) is 0 Å². The number of rotatable bonds is 8. The lowest BCUT2D eigenvalue weighted by molar-refractivity contribution is -0.384. The molecule has 0 atom stereocenters. The highest BCUT2D eigenvalue weighted by molar-refractivity contribution is 7.92. The summed E-state index contributed by atoms with van der Waals surface area (Å²) in [5.74, 6) is -0.374. The zero-order chi connectivity index (χ0) is 22.6. The molecule has 1 N–H and O–H groups in total. The molecule has 1 saturated heterocycles. The van der Waals surface area contributed by atoms with Crippen LogP contribution in [-0.2, 0) is 25.8 Å². The third kappa shape index (κ3) is 5.51. The summed E-state index contributed by atoms with van der Waals surface area (Å²) in [6, 6.07) is 9.29. The molecule has 1 heterocycles. The minimum atomic E-state index is -4.01. The zero-order valence-electron chi connectivity index (χ0n) is 16.9. The number of benzene rings is 2. The number of nitro benzene ring substituents is 1. The Morgan fingerprint density at radius 2 is 1.77 bits per heavy atom. The monoisotopic (exact) mass is 469 g/mol. The predicted octanol–water partition coefficient (Wildman–Crippen LogP) is 2.72. The molecular weight excluding hydrogens is 446 g/mol. The summed E-state index contributed by atoms with van der Waals surface area (Å²) in [6.45, 7) is 0.838. The Kier molecular flexibility index (Phi) is 6.82. The van der Waals surface area contributed by atoms with Crippen molar-refractivity contribution in [1.29, 1.82) is 0 Å². The lowest BCUT2D eigenvalue weighted by atomic mass is 10.2. The van der Waals surface area contributed by atoms with Gasteiger partial charge < -0.3 is 4.74 Å². The molecule has 2 aromatic rings. The molecule has 0 spiro atoms. The second-order valence-electron chi connectivity index (χ2n) is 7.11. The summed E-state index contributed by atoms with van der Waals surface area (Å²) in [5.41, 5.74) is -0.0244. The third-order valence-corrected chi connectivity index (χ3v) is 8.01. The number of non-ortho nitro benzene ring substituents is 1. The van der Waals surface area contributed by atoms with E-state index in [1.165, 1.54) is 53.9 Å². The molecule has 1 aliphatic heterocycles. The van der Waals surface area contributed by atoms with Crippen LogP contribution in [0.15, 0.2) is 47.4 Å². The van der Waals surface area contributed by atoms with E-state index in [4.69, 9.17) is 4.74 Å². The van der Waals surface area contributed by atoms with Gasteiger partial charge in [0.15, 0.2) is 0 Å². The summed E-state index contributed by atoms with van der Waals surface area (Å²) >= 11 is 0. The van der Waals surface area contributed by atoms with E-state index in [2.05, 4.69) is 4.72 Å². The molecule has 12 heteroatoms. The molecule has 0 unspecified atom stereocenters. The van der Waals surface area contributed by atoms with Crippen LogP contribution in [0.3, 0.4) is 0 Å². The number of hydrogen-bond acceptors (Lipinski definition) is 7. The predicted molar refractivity (Wildman–Crippen MR) is 115 cm³/mol. The number of hydrogen-bond donors (Lipinski definition) is 1. The van der Waals surface area contributed by atoms with Crippen molar-refractivity contribution in [2.45, 2.75) is 29.9 Å². The largest absolute Gasteiger partial charge is 0.495 e. The highest BCUT2D eigenvalue weighted by Crippen LogP contribution is 2.31. The van der Waals surface area contributed by atoms with Gasteiger partial charge in [-0.25, -0.2) is 16.8 Å². The van der Waals surface area contributed by atoms with E-state index in [0.29, 0.717) is 13.1 Å². The number of nitrogens with one attached hydrogen (secondary N) is 1. The fourth-order valence-corrected chi connectivity index (χ4v) is 6.09. The minimum absolute atomic E-state index is 0.0222. The van der Waals surface area contributed by atoms with Gasteiger partial charge in [-0.2, -0.15) is 4.31 Å². The van der Waals surface area contributed by atoms with Gasteiger partial charge in [0.2, 0.25) is 20.0 Å². The van der Waals surface area contributed by atoms with Crippen molar-refractivity contribution < 1.29 is 26.5 Å². The second kappa shape index (κ2) is 9.20. The Labute approximate surface area is 181 Å². The SMILES string of the molecule is COc1ccc(S(=O)(=O)N2CCCCC2)cc1NS(=O)(=O)Cc1cccc([N+](=O)[O-])c1. The van der Waals surface area contributed by atoms with E-state index >= 15 is 0 Å². The molecular formula is C19H23N3O7S2. The quantitative estimate of drug-likeness (QED) is 0.464. The molecule has 0 saturated carbocycles. The first-order chi connectivity index (χ1) is 14.6. The summed E-state index contributed by atoms with van der Waals surface area (Å²) in [7, 11) is -6.44. The van der Waals surface area contributed by atoms with Crippen LogP contribution in [0.25, 0.3) is 0 Å². The molecule has 31 heavy (non-hydrogen) atoms. The third-order valence-electron chi connectivity index (χ3n) is 4.87. The Morgan fingerprint density at radius 1 is 1.06 bits per heavy atom. The number of anilines is 1. The highest BCUT2D eigenvalue weighted by atomic mass is 32.2. The van der Waals surface area contributed by atoms with Crippen LogP contribution in [0.1, 0.15) is 24.8 Å². The first kappa shape index (κ1) is 23.0. The van der Waals surface area contributed by atoms with Crippen molar-refractivity contribution in [1.82, 2.24) is 4.31 Å². The lowest BCUT2D eigenvalue weighted by Crippen LogP contribution is -2.35. The fourth-order valence-electron chi connectivity index (χ4n) is 3.36. The van der Waals surface area contributed by atoms with E-state index in [1.54, 1.807) is 0 Å². The topological polar surface area (TPSA) is 136 Å². The first-order valence-corrected chi connectivity index (χ1v) is 12.6. The average molecular weight is 470 g/mol. The molecule has 0 bridgehead atoms. The number of nitrogens with zero attached hydrogens (tertiary/aromatic N) is 2. The van der Waals surface area contributed by atoms with Crippen LogP contribution in [-0.4, -0.2) is 46.3 Å². The molecule has 0 amide bonds. The van der Waals surface area contributed by atoms with Crippen molar-refractivity contribution in [3.8, 4) is 5.75 Å². The molecule has 10 nitrogen and oxygen atoms in total. The molecule has 168 valence electrons. The van der Waals surface area contributed by atoms with Gasteiger partial charge in [-0.15, -0.1) is 0 Å². The smallest absolute Gasteiger partial charge is 0.269 e. The number of ether oxygens (including phenoxy) is 1. The van der Waals surface area contributed by atoms with Gasteiger partial charge in [-0.3, -0.25) is 14.8 Å². The van der Waals surface area contributed by atoms with Gasteiger partial charge in [-0.05, 0) is 36.6 Å². The van der Waals surface area contributed by atoms with Gasteiger partial charge in [0.1, 0.15) is 5.75 Å². The van der Waals surface area contributed by atoms with Gasteiger partial charge in [0, 0.05) is 25.2 Å². The molecule has 0 aliphatic carbocycles. The number of nitro groups is 1. The number of sulfonamides is 2. The first-order valence-electron chi connectivity index (χ1n) is 9.54. The average Bonchev–Trinajstić information content (AvgIpc) is 2.73. The van der Waals surface area contributed by atoms with Crippen LogP contribution in [0.2, 0.25) is 0 Å². The van der Waals surface area contributed by atoms with Gasteiger partial charge in [0.05, 0.1) is 28.4 Å². The van der Waals surface area contributed by atoms with E-state index < -0.39 is 30.7 Å². The molecule has 3 rings (SSSR count). The van der Waals surface area contributed by atoms with Crippen LogP contribution in [0.4, 0.5) is 11.4 Å². The maximum absolute atomic E-state index is 12.9. The van der Waals surface area contributed by atoms with Crippen molar-refractivity contribution in [3.05, 3.63) is 58.1 Å². The molecule has 0 aromatic heterocycles. The Balaban J connectivity index is 1.88. The summed E-state index contributed by atoms with van der Waals surface area (Å²) in [6.07, 6.45) is 2.52. The Hall–Kier alpha value is -2.70. The fraction of sp³-hybridized carbons (Fsp3) is 0.368. The van der Waals surface area contributed by atoms with E-state index in [0.717, 1.165) is 19.3 Å². The van der Waals surface area contributed by atoms with Crippen molar-refractivity contribution in [2.24, 2.45) is 0 Å². The Morgan fingerprint density at radius 3 is 2.42 bits per heavy atom. The van der Waals surface area contributed by atoms with Gasteiger partial charge in [-0.1, -0.05) is 18.6 Å². The van der Waals surface area contributed by atoms with Gasteiger partial charge >= 0.3 is 0 Å². The number of piperidine rings is 1. The molecule has 1 fully saturated rings. The molecule has 0 radical (unpaired) electrons. The van der Waals surface area contributed by atoms with E-state index in [9.17, 15) is 26.9 Å². The van der Waals surface area contributed by atoms with Crippen LogP contribution < -0.4 is 9.46 Å². The molecule has 2 aromatic carbocycles.